The Kier molecular flexibility index (Phi) is 7.99. The van der Waals surface area contributed by atoms with Gasteiger partial charge < -0.3 is 19.7 Å². The number of piperidine rings is 1. The topological polar surface area (TPSA) is 46.1 Å². The summed E-state index contributed by atoms with van der Waals surface area (Å²) >= 11 is 1.95. The van der Waals surface area contributed by atoms with Gasteiger partial charge in [0.2, 0.25) is 0 Å². The molecule has 5 nitrogen and oxygen atoms in total. The van der Waals surface area contributed by atoms with Gasteiger partial charge in [-0.3, -0.25) is 4.99 Å². The lowest BCUT2D eigenvalue weighted by Gasteiger charge is -2.36. The van der Waals surface area contributed by atoms with Crippen LogP contribution in [0.1, 0.15) is 39.5 Å². The molecule has 0 unspecified atom stereocenters. The molecule has 2 aliphatic rings. The van der Waals surface area contributed by atoms with Gasteiger partial charge in [-0.05, 0) is 45.8 Å². The summed E-state index contributed by atoms with van der Waals surface area (Å²) in [5.74, 6) is 1.07. The van der Waals surface area contributed by atoms with Crippen molar-refractivity contribution in [2.75, 3.05) is 52.3 Å². The Labute approximate surface area is 145 Å². The van der Waals surface area contributed by atoms with E-state index in [2.05, 4.69) is 30.3 Å². The number of hydrogen-bond donors (Lipinski definition) is 1. The van der Waals surface area contributed by atoms with E-state index in [1.165, 1.54) is 0 Å². The van der Waals surface area contributed by atoms with E-state index >= 15 is 0 Å². The SMILES string of the molecule is CCNC(=NCC1(SC)CCOCC1)N1CCC(OCC)CC1. The van der Waals surface area contributed by atoms with Crippen LogP contribution >= 0.6 is 11.8 Å². The van der Waals surface area contributed by atoms with Crippen molar-refractivity contribution in [2.45, 2.75) is 50.4 Å². The minimum atomic E-state index is 0.253. The molecular formula is C17H33N3O2S. The average molecular weight is 344 g/mol. The maximum Gasteiger partial charge on any atom is 0.193 e. The van der Waals surface area contributed by atoms with Gasteiger partial charge in [0, 0.05) is 44.2 Å². The number of ether oxygens (including phenoxy) is 2. The summed E-state index contributed by atoms with van der Waals surface area (Å²) in [5, 5.41) is 3.47. The Morgan fingerprint density at radius 3 is 2.57 bits per heavy atom. The molecule has 0 radical (unpaired) electrons. The van der Waals surface area contributed by atoms with Crippen molar-refractivity contribution in [3.63, 3.8) is 0 Å². The molecule has 0 bridgehead atoms. The molecule has 0 spiro atoms. The summed E-state index contributed by atoms with van der Waals surface area (Å²) in [6.45, 7) is 10.6. The fourth-order valence-corrected chi connectivity index (χ4v) is 4.05. The Bertz CT molecular complexity index is 365. The Hall–Kier alpha value is -0.460. The summed E-state index contributed by atoms with van der Waals surface area (Å²) in [6.07, 6.45) is 7.03. The van der Waals surface area contributed by atoms with Crippen LogP contribution in [0.4, 0.5) is 0 Å². The van der Waals surface area contributed by atoms with Crippen LogP contribution in [0.15, 0.2) is 4.99 Å². The molecule has 134 valence electrons. The van der Waals surface area contributed by atoms with E-state index in [0.29, 0.717) is 6.10 Å². The van der Waals surface area contributed by atoms with Crippen LogP contribution in [0.5, 0.6) is 0 Å². The summed E-state index contributed by atoms with van der Waals surface area (Å²) in [5.41, 5.74) is 0. The molecular weight excluding hydrogens is 310 g/mol. The van der Waals surface area contributed by atoms with Gasteiger partial charge in [0.25, 0.3) is 0 Å². The Morgan fingerprint density at radius 2 is 2.00 bits per heavy atom. The van der Waals surface area contributed by atoms with Crippen LogP contribution in [0.25, 0.3) is 0 Å². The van der Waals surface area contributed by atoms with Crippen LogP contribution in [0.2, 0.25) is 0 Å². The third-order valence-corrected chi connectivity index (χ3v) is 6.24. The van der Waals surface area contributed by atoms with E-state index < -0.39 is 0 Å². The highest BCUT2D eigenvalue weighted by Gasteiger charge is 2.32. The average Bonchev–Trinajstić information content (AvgIpc) is 2.60. The summed E-state index contributed by atoms with van der Waals surface area (Å²) in [4.78, 5) is 7.38. The summed E-state index contributed by atoms with van der Waals surface area (Å²) < 4.78 is 11.5. The monoisotopic (exact) mass is 343 g/mol. The van der Waals surface area contributed by atoms with Crippen molar-refractivity contribution >= 4 is 17.7 Å². The molecule has 0 saturated carbocycles. The lowest BCUT2D eigenvalue weighted by molar-refractivity contribution is 0.0263. The molecule has 2 fully saturated rings. The molecule has 0 aromatic rings. The van der Waals surface area contributed by atoms with E-state index in [9.17, 15) is 0 Å². The van der Waals surface area contributed by atoms with Gasteiger partial charge in [0.15, 0.2) is 5.96 Å². The van der Waals surface area contributed by atoms with E-state index in [4.69, 9.17) is 14.5 Å². The van der Waals surface area contributed by atoms with Crippen molar-refractivity contribution in [2.24, 2.45) is 4.99 Å². The van der Waals surface area contributed by atoms with E-state index in [-0.39, 0.29) is 4.75 Å². The van der Waals surface area contributed by atoms with E-state index in [0.717, 1.165) is 77.6 Å². The lowest BCUT2D eigenvalue weighted by atomic mass is 9.99. The first kappa shape index (κ1) is 18.9. The number of nitrogens with zero attached hydrogens (tertiary/aromatic N) is 2. The normalized spacial score (nSPS) is 23.1. The summed E-state index contributed by atoms with van der Waals surface area (Å²) in [7, 11) is 0. The van der Waals surface area contributed by atoms with Crippen LogP contribution in [0, 0.1) is 0 Å². The molecule has 0 aromatic heterocycles. The molecule has 0 aromatic carbocycles. The highest BCUT2D eigenvalue weighted by atomic mass is 32.2. The van der Waals surface area contributed by atoms with Crippen molar-refractivity contribution in [1.29, 1.82) is 0 Å². The number of aliphatic imine (C=N–C) groups is 1. The highest BCUT2D eigenvalue weighted by molar-refractivity contribution is 8.00. The third-order valence-electron chi connectivity index (χ3n) is 4.83. The Morgan fingerprint density at radius 1 is 1.30 bits per heavy atom. The quantitative estimate of drug-likeness (QED) is 0.593. The van der Waals surface area contributed by atoms with Crippen molar-refractivity contribution in [1.82, 2.24) is 10.2 Å². The van der Waals surface area contributed by atoms with Crippen molar-refractivity contribution < 1.29 is 9.47 Å². The highest BCUT2D eigenvalue weighted by Crippen LogP contribution is 2.34. The maximum atomic E-state index is 5.76. The van der Waals surface area contributed by atoms with Crippen LogP contribution in [-0.4, -0.2) is 74.0 Å². The van der Waals surface area contributed by atoms with Gasteiger partial charge in [0.05, 0.1) is 12.6 Å². The number of guanidine groups is 1. The van der Waals surface area contributed by atoms with Gasteiger partial charge in [-0.15, -0.1) is 0 Å². The number of likely N-dealkylation sites (tertiary alicyclic amines) is 1. The molecule has 6 heteroatoms. The van der Waals surface area contributed by atoms with Crippen molar-refractivity contribution in [3.05, 3.63) is 0 Å². The van der Waals surface area contributed by atoms with Gasteiger partial charge in [-0.25, -0.2) is 0 Å². The number of rotatable bonds is 6. The molecule has 1 N–H and O–H groups in total. The minimum Gasteiger partial charge on any atom is -0.381 e. The number of nitrogens with one attached hydrogen (secondary N) is 1. The second-order valence-corrected chi connectivity index (χ2v) is 7.59. The zero-order chi connectivity index (χ0) is 16.5. The first-order valence-corrected chi connectivity index (χ1v) is 10.2. The van der Waals surface area contributed by atoms with Gasteiger partial charge >= 0.3 is 0 Å². The zero-order valence-electron chi connectivity index (χ0n) is 15.0. The van der Waals surface area contributed by atoms with Gasteiger partial charge in [-0.2, -0.15) is 11.8 Å². The third kappa shape index (κ3) is 5.54. The predicted molar refractivity (Wildman–Crippen MR) is 98.5 cm³/mol. The van der Waals surface area contributed by atoms with E-state index in [1.807, 2.05) is 11.8 Å². The predicted octanol–water partition coefficient (Wildman–Crippen LogP) is 2.37. The molecule has 2 aliphatic heterocycles. The van der Waals surface area contributed by atoms with E-state index in [1.54, 1.807) is 0 Å². The molecule has 0 aliphatic carbocycles. The van der Waals surface area contributed by atoms with Gasteiger partial charge in [-0.1, -0.05) is 0 Å². The molecule has 23 heavy (non-hydrogen) atoms. The van der Waals surface area contributed by atoms with Crippen LogP contribution in [0.3, 0.4) is 0 Å². The standard InChI is InChI=1S/C17H33N3O2S/c1-4-18-16(20-10-6-15(7-11-20)22-5-2)19-14-17(23-3)8-12-21-13-9-17/h15H,4-14H2,1-3H3,(H,18,19). The lowest BCUT2D eigenvalue weighted by Crippen LogP contribution is -2.48. The second-order valence-electron chi connectivity index (χ2n) is 6.31. The Balaban J connectivity index is 1.94. The molecule has 0 amide bonds. The van der Waals surface area contributed by atoms with Crippen molar-refractivity contribution in [3.8, 4) is 0 Å². The fraction of sp³-hybridized carbons (Fsp3) is 0.941. The number of thioether (sulfide) groups is 1. The molecule has 2 saturated heterocycles. The summed E-state index contributed by atoms with van der Waals surface area (Å²) in [6, 6.07) is 0. The minimum absolute atomic E-state index is 0.253. The first-order valence-electron chi connectivity index (χ1n) is 9.00. The van der Waals surface area contributed by atoms with Crippen LogP contribution in [-0.2, 0) is 9.47 Å². The molecule has 2 heterocycles. The smallest absolute Gasteiger partial charge is 0.193 e. The zero-order valence-corrected chi connectivity index (χ0v) is 15.8. The molecule has 2 rings (SSSR count). The number of hydrogen-bond acceptors (Lipinski definition) is 4. The van der Waals surface area contributed by atoms with Gasteiger partial charge in [0.1, 0.15) is 0 Å². The maximum absolute atomic E-state index is 5.76. The largest absolute Gasteiger partial charge is 0.381 e. The second kappa shape index (κ2) is 9.74. The first-order chi connectivity index (χ1) is 11.2. The molecule has 0 atom stereocenters. The van der Waals surface area contributed by atoms with Crippen LogP contribution < -0.4 is 5.32 Å². The fourth-order valence-electron chi connectivity index (χ4n) is 3.28.